The van der Waals surface area contributed by atoms with Crippen molar-refractivity contribution in [1.82, 2.24) is 35.7 Å². The monoisotopic (exact) mass is 533 g/mol. The summed E-state index contributed by atoms with van der Waals surface area (Å²) in [5, 5.41) is 17.5. The van der Waals surface area contributed by atoms with Crippen molar-refractivity contribution >= 4 is 29.5 Å². The lowest BCUT2D eigenvalue weighted by Gasteiger charge is -2.37. The van der Waals surface area contributed by atoms with Crippen molar-refractivity contribution in [2.75, 3.05) is 6.54 Å². The smallest absolute Gasteiger partial charge is 0.408 e. The van der Waals surface area contributed by atoms with E-state index in [-0.39, 0.29) is 24.3 Å². The second kappa shape index (κ2) is 11.5. The Morgan fingerprint density at radius 1 is 1.22 bits per heavy atom. The number of amides is 3. The zero-order valence-electron chi connectivity index (χ0n) is 22.2. The average molecular weight is 534 g/mol. The summed E-state index contributed by atoms with van der Waals surface area (Å²) >= 11 is 6.19. The number of nitrogens with one attached hydrogen (secondary N) is 2. The summed E-state index contributed by atoms with van der Waals surface area (Å²) in [6.45, 7) is 11.5. The minimum absolute atomic E-state index is 0.117. The van der Waals surface area contributed by atoms with E-state index in [0.29, 0.717) is 36.5 Å². The van der Waals surface area contributed by atoms with Crippen LogP contribution in [0.15, 0.2) is 24.5 Å². The third kappa shape index (κ3) is 7.41. The van der Waals surface area contributed by atoms with Gasteiger partial charge in [-0.1, -0.05) is 25.4 Å². The number of carbonyl (C=O) groups excluding carboxylic acids is 3. The highest BCUT2D eigenvalue weighted by atomic mass is 35.5. The standard InChI is InChI=1S/C25H36ClN7O4/c1-16(2)13-25(6,29-23(36)37-24(3,4)5)22(35)32-11-7-8-20(32)21(34)27-14-17-12-18(26)9-10-19(17)33-15-28-30-31-33/h9-10,12,15-16,20H,7-8,11,13-14H2,1-6H3,(H,27,34)(H,29,36)/t20-,25?/m0/s1. The number of hydrogen-bond acceptors (Lipinski definition) is 7. The van der Waals surface area contributed by atoms with E-state index < -0.39 is 23.3 Å². The van der Waals surface area contributed by atoms with Gasteiger partial charge in [-0.3, -0.25) is 9.59 Å². The van der Waals surface area contributed by atoms with Gasteiger partial charge < -0.3 is 20.3 Å². The van der Waals surface area contributed by atoms with Gasteiger partial charge in [-0.15, -0.1) is 5.10 Å². The first-order valence-corrected chi connectivity index (χ1v) is 12.8. The topological polar surface area (TPSA) is 131 Å². The number of tetrazole rings is 1. The van der Waals surface area contributed by atoms with E-state index in [2.05, 4.69) is 26.2 Å². The quantitative estimate of drug-likeness (QED) is 0.532. The minimum Gasteiger partial charge on any atom is -0.444 e. The molecule has 1 fully saturated rings. The summed E-state index contributed by atoms with van der Waals surface area (Å²) in [5.74, 6) is -0.467. The van der Waals surface area contributed by atoms with E-state index in [9.17, 15) is 14.4 Å². The lowest BCUT2D eigenvalue weighted by atomic mass is 9.89. The number of likely N-dealkylation sites (tertiary alicyclic amines) is 1. The fourth-order valence-electron chi connectivity index (χ4n) is 4.63. The molecule has 3 rings (SSSR count). The van der Waals surface area contributed by atoms with Crippen LogP contribution in [-0.4, -0.2) is 66.7 Å². The Morgan fingerprint density at radius 2 is 1.95 bits per heavy atom. The van der Waals surface area contributed by atoms with Crippen LogP contribution in [0.5, 0.6) is 0 Å². The SMILES string of the molecule is CC(C)CC(C)(NC(=O)OC(C)(C)C)C(=O)N1CCC[C@H]1C(=O)NCc1cc(Cl)ccc1-n1cnnn1. The average Bonchev–Trinajstić information content (AvgIpc) is 3.47. The number of ether oxygens (including phenoxy) is 1. The second-order valence-corrected chi connectivity index (χ2v) is 11.4. The maximum atomic E-state index is 13.8. The fourth-order valence-corrected chi connectivity index (χ4v) is 4.82. The molecule has 2 N–H and O–H groups in total. The number of carbonyl (C=O) groups is 3. The Kier molecular flexibility index (Phi) is 8.78. The van der Waals surface area contributed by atoms with Crippen LogP contribution in [0.25, 0.3) is 5.69 Å². The zero-order chi connectivity index (χ0) is 27.4. The highest BCUT2D eigenvalue weighted by Gasteiger charge is 2.44. The number of halogens is 1. The molecule has 1 aromatic heterocycles. The molecule has 0 saturated carbocycles. The molecule has 2 atom stereocenters. The molecule has 1 saturated heterocycles. The van der Waals surface area contributed by atoms with E-state index in [1.54, 1.807) is 50.8 Å². The van der Waals surface area contributed by atoms with Crippen LogP contribution in [-0.2, 0) is 20.9 Å². The molecule has 12 heteroatoms. The summed E-state index contributed by atoms with van der Waals surface area (Å²) in [6.07, 6.45) is 2.39. The number of hydrogen-bond donors (Lipinski definition) is 2. The fraction of sp³-hybridized carbons (Fsp3) is 0.600. The van der Waals surface area contributed by atoms with E-state index >= 15 is 0 Å². The van der Waals surface area contributed by atoms with E-state index in [4.69, 9.17) is 16.3 Å². The Balaban J connectivity index is 1.75. The largest absolute Gasteiger partial charge is 0.444 e. The van der Waals surface area contributed by atoms with Crippen molar-refractivity contribution in [2.45, 2.75) is 84.5 Å². The third-order valence-electron chi connectivity index (χ3n) is 5.97. The van der Waals surface area contributed by atoms with Gasteiger partial charge in [0.15, 0.2) is 0 Å². The molecule has 1 unspecified atom stereocenters. The second-order valence-electron chi connectivity index (χ2n) is 11.0. The summed E-state index contributed by atoms with van der Waals surface area (Å²) in [5.41, 5.74) is -0.524. The predicted octanol–water partition coefficient (Wildman–Crippen LogP) is 3.25. The van der Waals surface area contributed by atoms with Gasteiger partial charge >= 0.3 is 6.09 Å². The minimum atomic E-state index is -1.22. The number of nitrogens with zero attached hydrogens (tertiary/aromatic N) is 5. The van der Waals surface area contributed by atoms with Crippen LogP contribution in [0.2, 0.25) is 5.02 Å². The maximum Gasteiger partial charge on any atom is 0.408 e. The number of alkyl carbamates (subject to hydrolysis) is 1. The molecule has 202 valence electrons. The first-order chi connectivity index (χ1) is 17.3. The Bertz CT molecular complexity index is 1120. The lowest BCUT2D eigenvalue weighted by molar-refractivity contribution is -0.143. The Labute approximate surface area is 222 Å². The van der Waals surface area contributed by atoms with Gasteiger partial charge in [0, 0.05) is 18.1 Å². The molecular formula is C25H36ClN7O4. The van der Waals surface area contributed by atoms with Crippen LogP contribution in [0.3, 0.4) is 0 Å². The molecule has 2 heterocycles. The summed E-state index contributed by atoms with van der Waals surface area (Å²) in [6, 6.07) is 4.57. The molecular weight excluding hydrogens is 498 g/mol. The molecule has 2 aromatic rings. The van der Waals surface area contributed by atoms with Crippen LogP contribution in [0.4, 0.5) is 4.79 Å². The van der Waals surface area contributed by atoms with Gasteiger partial charge in [0.25, 0.3) is 0 Å². The predicted molar refractivity (Wildman–Crippen MR) is 138 cm³/mol. The van der Waals surface area contributed by atoms with Gasteiger partial charge in [-0.05, 0) is 87.1 Å². The van der Waals surface area contributed by atoms with E-state index in [0.717, 1.165) is 5.56 Å². The number of aromatic nitrogens is 4. The van der Waals surface area contributed by atoms with Crippen molar-refractivity contribution in [1.29, 1.82) is 0 Å². The highest BCUT2D eigenvalue weighted by molar-refractivity contribution is 6.30. The van der Waals surface area contributed by atoms with Gasteiger partial charge in [0.05, 0.1) is 5.69 Å². The van der Waals surface area contributed by atoms with Gasteiger partial charge in [0.1, 0.15) is 23.5 Å². The van der Waals surface area contributed by atoms with Crippen molar-refractivity contribution in [3.63, 3.8) is 0 Å². The molecule has 1 aromatic carbocycles. The summed E-state index contributed by atoms with van der Waals surface area (Å²) < 4.78 is 6.90. The molecule has 37 heavy (non-hydrogen) atoms. The normalized spacial score (nSPS) is 17.4. The Hall–Kier alpha value is -3.21. The van der Waals surface area contributed by atoms with Crippen molar-refractivity contribution in [3.05, 3.63) is 35.1 Å². The molecule has 0 bridgehead atoms. The molecule has 0 aliphatic carbocycles. The Morgan fingerprint density at radius 3 is 2.57 bits per heavy atom. The molecule has 3 amide bonds. The van der Waals surface area contributed by atoms with Crippen molar-refractivity contribution < 1.29 is 19.1 Å². The lowest BCUT2D eigenvalue weighted by Crippen LogP contribution is -2.61. The van der Waals surface area contributed by atoms with Gasteiger partial charge in [-0.25, -0.2) is 9.48 Å². The zero-order valence-corrected chi connectivity index (χ0v) is 23.0. The van der Waals surface area contributed by atoms with E-state index in [1.807, 2.05) is 13.8 Å². The van der Waals surface area contributed by atoms with Gasteiger partial charge in [-0.2, -0.15) is 0 Å². The first kappa shape index (κ1) is 28.4. The third-order valence-corrected chi connectivity index (χ3v) is 6.21. The number of rotatable bonds is 8. The maximum absolute atomic E-state index is 13.8. The van der Waals surface area contributed by atoms with Crippen LogP contribution >= 0.6 is 11.6 Å². The van der Waals surface area contributed by atoms with E-state index in [1.165, 1.54) is 11.0 Å². The summed E-state index contributed by atoms with van der Waals surface area (Å²) in [4.78, 5) is 41.2. The van der Waals surface area contributed by atoms with Gasteiger partial charge in [0.2, 0.25) is 11.8 Å². The molecule has 1 aliphatic heterocycles. The van der Waals surface area contributed by atoms with Crippen molar-refractivity contribution in [3.8, 4) is 5.69 Å². The van der Waals surface area contributed by atoms with Crippen LogP contribution in [0, 0.1) is 5.92 Å². The molecule has 11 nitrogen and oxygen atoms in total. The summed E-state index contributed by atoms with van der Waals surface area (Å²) in [7, 11) is 0. The molecule has 0 spiro atoms. The number of benzene rings is 1. The molecule has 0 radical (unpaired) electrons. The van der Waals surface area contributed by atoms with Crippen LogP contribution in [0.1, 0.15) is 66.4 Å². The highest BCUT2D eigenvalue weighted by Crippen LogP contribution is 2.27. The van der Waals surface area contributed by atoms with Crippen molar-refractivity contribution in [2.24, 2.45) is 5.92 Å². The first-order valence-electron chi connectivity index (χ1n) is 12.4. The molecule has 1 aliphatic rings. The van der Waals surface area contributed by atoms with Crippen LogP contribution < -0.4 is 10.6 Å².